The molecule has 4 heteroatoms. The van der Waals surface area contributed by atoms with Gasteiger partial charge in [-0.2, -0.15) is 0 Å². The van der Waals surface area contributed by atoms with E-state index >= 15 is 0 Å². The summed E-state index contributed by atoms with van der Waals surface area (Å²) in [6, 6.07) is 5.47. The SMILES string of the molecule is [B+2]c1cc(Cl)ccc1C.[OH-].[OH-]. The Labute approximate surface area is 72.2 Å². The minimum atomic E-state index is 0. The maximum atomic E-state index is 5.64. The number of aryl methyl sites for hydroxylation is 1. The summed E-state index contributed by atoms with van der Waals surface area (Å²) >= 11 is 5.64. The fourth-order valence-electron chi connectivity index (χ4n) is 0.611. The summed E-state index contributed by atoms with van der Waals surface area (Å²) in [7, 11) is 5.54. The van der Waals surface area contributed by atoms with Crippen molar-refractivity contribution in [1.82, 2.24) is 0 Å². The predicted molar refractivity (Wildman–Crippen MR) is 45.4 cm³/mol. The van der Waals surface area contributed by atoms with Gasteiger partial charge in [0.15, 0.2) is 0 Å². The quantitative estimate of drug-likeness (QED) is 0.547. The maximum absolute atomic E-state index is 5.64. The second-order valence-corrected chi connectivity index (χ2v) is 2.44. The van der Waals surface area contributed by atoms with Gasteiger partial charge in [0.05, 0.1) is 0 Å². The molecule has 0 radical (unpaired) electrons. The van der Waals surface area contributed by atoms with Crippen LogP contribution in [0.5, 0.6) is 0 Å². The zero-order valence-electron chi connectivity index (χ0n) is 6.08. The van der Waals surface area contributed by atoms with Crippen molar-refractivity contribution in [1.29, 1.82) is 0 Å². The van der Waals surface area contributed by atoms with Crippen LogP contribution in [-0.2, 0) is 0 Å². The van der Waals surface area contributed by atoms with Crippen LogP contribution in [-0.4, -0.2) is 18.8 Å². The van der Waals surface area contributed by atoms with Gasteiger partial charge in [-0.05, 0) is 0 Å². The molecular formula is C7H8BClO2. The van der Waals surface area contributed by atoms with Crippen molar-refractivity contribution in [3.63, 3.8) is 0 Å². The smallest absolute Gasteiger partial charge is 0.870 e. The van der Waals surface area contributed by atoms with Crippen molar-refractivity contribution in [3.05, 3.63) is 28.8 Å². The van der Waals surface area contributed by atoms with Crippen LogP contribution in [0.25, 0.3) is 0 Å². The molecule has 1 rings (SSSR count). The normalized spacial score (nSPS) is 8.00. The summed E-state index contributed by atoms with van der Waals surface area (Å²) in [5.41, 5.74) is 1.82. The largest absolute Gasteiger partial charge is 0.870 e. The summed E-state index contributed by atoms with van der Waals surface area (Å²) in [5, 5.41) is 0.693. The van der Waals surface area contributed by atoms with Gasteiger partial charge in [0.1, 0.15) is 0 Å². The Morgan fingerprint density at radius 1 is 1.27 bits per heavy atom. The van der Waals surface area contributed by atoms with Crippen molar-refractivity contribution in [2.24, 2.45) is 0 Å². The van der Waals surface area contributed by atoms with Crippen LogP contribution in [0.3, 0.4) is 0 Å². The molecule has 0 aliphatic carbocycles. The molecule has 0 amide bonds. The van der Waals surface area contributed by atoms with Gasteiger partial charge < -0.3 is 11.0 Å². The summed E-state index contributed by atoms with van der Waals surface area (Å²) < 4.78 is 0. The molecule has 0 heterocycles. The van der Waals surface area contributed by atoms with E-state index in [-0.39, 0.29) is 11.0 Å². The van der Waals surface area contributed by atoms with Crippen molar-refractivity contribution < 1.29 is 11.0 Å². The molecule has 0 bridgehead atoms. The minimum absolute atomic E-state index is 0. The van der Waals surface area contributed by atoms with E-state index in [2.05, 4.69) is 0 Å². The van der Waals surface area contributed by atoms with Gasteiger partial charge in [0.2, 0.25) is 0 Å². The monoisotopic (exact) mass is 170 g/mol. The van der Waals surface area contributed by atoms with Crippen LogP contribution >= 0.6 is 11.6 Å². The van der Waals surface area contributed by atoms with E-state index in [9.17, 15) is 0 Å². The molecule has 0 aliphatic heterocycles. The van der Waals surface area contributed by atoms with Crippen LogP contribution < -0.4 is 5.46 Å². The van der Waals surface area contributed by atoms with E-state index in [1.807, 2.05) is 19.1 Å². The molecule has 0 fully saturated rings. The second-order valence-electron chi connectivity index (χ2n) is 2.00. The van der Waals surface area contributed by atoms with Crippen LogP contribution in [0, 0.1) is 6.92 Å². The third-order valence-electron chi connectivity index (χ3n) is 1.24. The Morgan fingerprint density at radius 2 is 1.82 bits per heavy atom. The number of hydrogen-bond acceptors (Lipinski definition) is 2. The van der Waals surface area contributed by atoms with Gasteiger partial charge in [-0.15, -0.1) is 0 Å². The summed E-state index contributed by atoms with van der Waals surface area (Å²) in [6.07, 6.45) is 0. The summed E-state index contributed by atoms with van der Waals surface area (Å²) in [4.78, 5) is 0. The van der Waals surface area contributed by atoms with Crippen LogP contribution in [0.2, 0.25) is 5.02 Å². The Hall–Kier alpha value is -0.505. The number of hydrogen-bond donors (Lipinski definition) is 0. The molecule has 0 spiro atoms. The Bertz CT molecular complexity index is 228. The molecule has 0 aliphatic rings. The zero-order chi connectivity index (χ0) is 6.85. The molecule has 2 nitrogen and oxygen atoms in total. The molecule has 0 saturated heterocycles. The number of benzene rings is 1. The first-order chi connectivity index (χ1) is 4.20. The third-order valence-corrected chi connectivity index (χ3v) is 1.48. The van der Waals surface area contributed by atoms with Gasteiger partial charge in [0.25, 0.3) is 0 Å². The molecule has 11 heavy (non-hydrogen) atoms. The Balaban J connectivity index is 0. The maximum Gasteiger partial charge on any atom is -0.870 e. The third kappa shape index (κ3) is 3.42. The average molecular weight is 170 g/mol. The molecule has 58 valence electrons. The van der Waals surface area contributed by atoms with E-state index in [1.165, 1.54) is 0 Å². The molecule has 0 unspecified atom stereocenters. The van der Waals surface area contributed by atoms with E-state index in [0.717, 1.165) is 11.0 Å². The summed E-state index contributed by atoms with van der Waals surface area (Å²) in [5.74, 6) is 0. The van der Waals surface area contributed by atoms with Gasteiger partial charge in [0, 0.05) is 0 Å². The molecule has 2 N–H and O–H groups in total. The van der Waals surface area contributed by atoms with E-state index in [4.69, 9.17) is 19.4 Å². The zero-order valence-corrected chi connectivity index (χ0v) is 6.84. The van der Waals surface area contributed by atoms with E-state index < -0.39 is 0 Å². The predicted octanol–water partition coefficient (Wildman–Crippen LogP) is 1.09. The van der Waals surface area contributed by atoms with Gasteiger partial charge in [-0.1, -0.05) is 0 Å². The van der Waals surface area contributed by atoms with Crippen molar-refractivity contribution in [2.75, 3.05) is 0 Å². The molecular weight excluding hydrogens is 162 g/mol. The fraction of sp³-hybridized carbons (Fsp3) is 0.143. The van der Waals surface area contributed by atoms with Gasteiger partial charge in [-0.25, -0.2) is 0 Å². The first-order valence-corrected chi connectivity index (χ1v) is 3.09. The van der Waals surface area contributed by atoms with Crippen LogP contribution in [0.4, 0.5) is 0 Å². The standard InChI is InChI=1S/C7H6BCl.2H2O/c1-5-2-3-6(9)4-7(5)8;;/h2-4H,1H3;2*1H2/q+2;;/p-2. The van der Waals surface area contributed by atoms with Crippen molar-refractivity contribution in [3.8, 4) is 0 Å². The van der Waals surface area contributed by atoms with Crippen LogP contribution in [0.15, 0.2) is 18.2 Å². The minimum Gasteiger partial charge on any atom is -0.870 e. The first kappa shape index (κ1) is 13.1. The molecule has 0 atom stereocenters. The van der Waals surface area contributed by atoms with Gasteiger partial charge in [-0.3, -0.25) is 0 Å². The number of rotatable bonds is 0. The second kappa shape index (κ2) is 5.19. The van der Waals surface area contributed by atoms with Crippen molar-refractivity contribution in [2.45, 2.75) is 6.92 Å². The van der Waals surface area contributed by atoms with Crippen LogP contribution in [0.1, 0.15) is 5.56 Å². The van der Waals surface area contributed by atoms with E-state index in [1.54, 1.807) is 6.07 Å². The Kier molecular flexibility index (Phi) is 6.18. The molecule has 1 aromatic rings. The average Bonchev–Trinajstić information content (AvgIpc) is 1.80. The van der Waals surface area contributed by atoms with Gasteiger partial charge >= 0.3 is 60.6 Å². The fourth-order valence-corrected chi connectivity index (χ4v) is 0.792. The van der Waals surface area contributed by atoms with Crippen molar-refractivity contribution >= 4 is 24.9 Å². The topological polar surface area (TPSA) is 60.0 Å². The van der Waals surface area contributed by atoms with E-state index in [0.29, 0.717) is 5.02 Å². The molecule has 0 aromatic heterocycles. The molecule has 0 saturated carbocycles. The molecule has 1 aromatic carbocycles. The summed E-state index contributed by atoms with van der Waals surface area (Å²) in [6.45, 7) is 1.95. The first-order valence-electron chi connectivity index (χ1n) is 2.72. The Morgan fingerprint density at radius 3 is 2.18 bits per heavy atom. The number of halogens is 1.